The summed E-state index contributed by atoms with van der Waals surface area (Å²) in [5.41, 5.74) is 16.7. The second-order valence-corrected chi connectivity index (χ2v) is 18.5. The van der Waals surface area contributed by atoms with Gasteiger partial charge in [-0.05, 0) is 152 Å². The van der Waals surface area contributed by atoms with Crippen molar-refractivity contribution < 1.29 is 8.83 Å². The largest absolute Gasteiger partial charge is 0.456 e. The summed E-state index contributed by atoms with van der Waals surface area (Å²) in [5.74, 6) is 0. The summed E-state index contributed by atoms with van der Waals surface area (Å²) in [6, 6.07) is 95.3. The molecule has 4 nitrogen and oxygen atoms in total. The molecule has 0 spiro atoms. The van der Waals surface area contributed by atoms with Crippen LogP contribution in [-0.4, -0.2) is 0 Å². The standard InChI is InChI=1S/C68H44N2O2/c1-3-11-45(12-4-1)47-19-27-55(28-20-47)69(59-35-37-61-63-39-51-15-7-9-17-53(51)41-65(63)71-67(61)43-59)57-31-23-49(24-32-57)50-25-33-58(34-26-50)70(56-29-21-48(22-30-56)46-13-5-2-6-14-46)60-36-38-62-64-40-52-16-8-10-18-54(52)42-66(64)72-68(62)44-60/h1-44H. The quantitative estimate of drug-likeness (QED) is 0.144. The van der Waals surface area contributed by atoms with Crippen molar-refractivity contribution in [2.24, 2.45) is 0 Å². The fourth-order valence-corrected chi connectivity index (χ4v) is 10.5. The minimum atomic E-state index is 0.854. The van der Waals surface area contributed by atoms with Crippen LogP contribution in [0, 0.1) is 0 Å². The van der Waals surface area contributed by atoms with Gasteiger partial charge in [-0.1, -0.05) is 158 Å². The van der Waals surface area contributed by atoms with Gasteiger partial charge in [-0.2, -0.15) is 0 Å². The molecule has 14 rings (SSSR count). The summed E-state index contributed by atoms with van der Waals surface area (Å²) >= 11 is 0. The van der Waals surface area contributed by atoms with Crippen LogP contribution in [0.4, 0.5) is 34.1 Å². The number of nitrogens with zero attached hydrogens (tertiary/aromatic N) is 2. The van der Waals surface area contributed by atoms with Gasteiger partial charge in [0.1, 0.15) is 22.3 Å². The lowest BCUT2D eigenvalue weighted by Gasteiger charge is -2.26. The highest BCUT2D eigenvalue weighted by atomic mass is 16.3. The van der Waals surface area contributed by atoms with E-state index in [1.54, 1.807) is 0 Å². The first kappa shape index (κ1) is 41.3. The monoisotopic (exact) mass is 920 g/mol. The maximum atomic E-state index is 6.59. The van der Waals surface area contributed by atoms with Crippen LogP contribution in [0.1, 0.15) is 0 Å². The summed E-state index contributed by atoms with van der Waals surface area (Å²) in [7, 11) is 0. The molecule has 14 aromatic rings. The van der Waals surface area contributed by atoms with Gasteiger partial charge in [0.25, 0.3) is 0 Å². The number of hydrogen-bond acceptors (Lipinski definition) is 4. The average molecular weight is 921 g/mol. The molecule has 2 aromatic heterocycles. The smallest absolute Gasteiger partial charge is 0.137 e. The van der Waals surface area contributed by atoms with Crippen molar-refractivity contribution in [3.8, 4) is 33.4 Å². The van der Waals surface area contributed by atoms with Crippen molar-refractivity contribution in [2.75, 3.05) is 9.80 Å². The lowest BCUT2D eigenvalue weighted by Crippen LogP contribution is -2.10. The topological polar surface area (TPSA) is 32.8 Å². The van der Waals surface area contributed by atoms with Crippen molar-refractivity contribution in [2.45, 2.75) is 0 Å². The summed E-state index contributed by atoms with van der Waals surface area (Å²) in [6.45, 7) is 0. The van der Waals surface area contributed by atoms with E-state index in [0.717, 1.165) is 89.1 Å². The zero-order chi connectivity index (χ0) is 47.5. The van der Waals surface area contributed by atoms with Crippen molar-refractivity contribution in [3.63, 3.8) is 0 Å². The highest BCUT2D eigenvalue weighted by Gasteiger charge is 2.19. The lowest BCUT2D eigenvalue weighted by molar-refractivity contribution is 0.669. The molecule has 2 heterocycles. The molecule has 338 valence electrons. The Morgan fingerprint density at radius 1 is 0.194 bits per heavy atom. The first-order valence-corrected chi connectivity index (χ1v) is 24.5. The molecule has 12 aromatic carbocycles. The Morgan fingerprint density at radius 3 is 0.792 bits per heavy atom. The zero-order valence-electron chi connectivity index (χ0n) is 39.1. The van der Waals surface area contributed by atoms with Crippen LogP contribution in [0.15, 0.2) is 276 Å². The third-order valence-electron chi connectivity index (χ3n) is 14.2. The minimum absolute atomic E-state index is 0.854. The van der Waals surface area contributed by atoms with Gasteiger partial charge in [0.05, 0.1) is 0 Å². The predicted molar refractivity (Wildman–Crippen MR) is 302 cm³/mol. The van der Waals surface area contributed by atoms with Crippen LogP contribution >= 0.6 is 0 Å². The van der Waals surface area contributed by atoms with Gasteiger partial charge in [-0.25, -0.2) is 0 Å². The van der Waals surface area contributed by atoms with Crippen LogP contribution in [0.3, 0.4) is 0 Å². The lowest BCUT2D eigenvalue weighted by atomic mass is 10.0. The van der Waals surface area contributed by atoms with E-state index < -0.39 is 0 Å². The van der Waals surface area contributed by atoms with E-state index in [1.807, 2.05) is 0 Å². The van der Waals surface area contributed by atoms with Crippen LogP contribution < -0.4 is 9.80 Å². The summed E-state index contributed by atoms with van der Waals surface area (Å²) in [6.07, 6.45) is 0. The fourth-order valence-electron chi connectivity index (χ4n) is 10.5. The molecule has 0 unspecified atom stereocenters. The van der Waals surface area contributed by atoms with Gasteiger partial charge in [-0.3, -0.25) is 0 Å². The number of rotatable bonds is 9. The Morgan fingerprint density at radius 2 is 0.458 bits per heavy atom. The van der Waals surface area contributed by atoms with Crippen LogP contribution in [-0.2, 0) is 0 Å². The number of benzene rings is 12. The van der Waals surface area contributed by atoms with E-state index in [1.165, 1.54) is 43.8 Å². The normalized spacial score (nSPS) is 11.6. The van der Waals surface area contributed by atoms with Crippen LogP contribution in [0.2, 0.25) is 0 Å². The van der Waals surface area contributed by atoms with E-state index in [-0.39, 0.29) is 0 Å². The van der Waals surface area contributed by atoms with Crippen molar-refractivity contribution in [3.05, 3.63) is 267 Å². The van der Waals surface area contributed by atoms with Crippen molar-refractivity contribution in [1.29, 1.82) is 0 Å². The molecule has 0 fully saturated rings. The van der Waals surface area contributed by atoms with Gasteiger partial charge in [0, 0.05) is 67.8 Å². The van der Waals surface area contributed by atoms with Crippen LogP contribution in [0.5, 0.6) is 0 Å². The molecule has 0 amide bonds. The minimum Gasteiger partial charge on any atom is -0.456 e. The summed E-state index contributed by atoms with van der Waals surface area (Å²) < 4.78 is 13.2. The Hall–Kier alpha value is -9.64. The van der Waals surface area contributed by atoms with Gasteiger partial charge >= 0.3 is 0 Å². The predicted octanol–water partition coefficient (Wildman–Crippen LogP) is 19.7. The molecular formula is C68H44N2O2. The molecule has 0 aliphatic heterocycles. The highest BCUT2D eigenvalue weighted by molar-refractivity contribution is 6.12. The SMILES string of the molecule is c1ccc(-c2ccc(N(c3ccc(-c4ccc(N(c5ccc(-c6ccccc6)cc5)c5ccc6c(c5)oc5cc7ccccc7cc56)cc4)cc3)c3ccc4c(c3)oc3cc5ccccc5cc34)cc2)cc1. The molecule has 0 bridgehead atoms. The zero-order valence-corrected chi connectivity index (χ0v) is 39.1. The molecule has 0 aliphatic carbocycles. The van der Waals surface area contributed by atoms with Gasteiger partial charge in [0.15, 0.2) is 0 Å². The van der Waals surface area contributed by atoms with Crippen LogP contribution in [0.25, 0.3) is 98.8 Å². The Kier molecular flexibility index (Phi) is 9.82. The molecule has 0 N–H and O–H groups in total. The molecule has 0 aliphatic rings. The summed E-state index contributed by atoms with van der Waals surface area (Å²) in [4.78, 5) is 4.62. The Balaban J connectivity index is 0.821. The van der Waals surface area contributed by atoms with Crippen molar-refractivity contribution >= 4 is 99.5 Å². The number of fused-ring (bicyclic) bond motifs is 8. The van der Waals surface area contributed by atoms with Crippen molar-refractivity contribution in [1.82, 2.24) is 0 Å². The maximum Gasteiger partial charge on any atom is 0.137 e. The molecule has 0 saturated carbocycles. The van der Waals surface area contributed by atoms with E-state index in [0.29, 0.717) is 0 Å². The average Bonchev–Trinajstić information content (AvgIpc) is 3.99. The highest BCUT2D eigenvalue weighted by Crippen LogP contribution is 2.43. The summed E-state index contributed by atoms with van der Waals surface area (Å²) in [5, 5.41) is 9.18. The molecular weight excluding hydrogens is 877 g/mol. The fraction of sp³-hybridized carbons (Fsp3) is 0. The number of furan rings is 2. The van der Waals surface area contributed by atoms with E-state index in [2.05, 4.69) is 277 Å². The number of anilines is 6. The second-order valence-electron chi connectivity index (χ2n) is 18.5. The second kappa shape index (κ2) is 17.1. The molecule has 4 heteroatoms. The Labute approximate surface area is 416 Å². The van der Waals surface area contributed by atoms with Gasteiger partial charge < -0.3 is 18.6 Å². The molecule has 0 saturated heterocycles. The van der Waals surface area contributed by atoms with Gasteiger partial charge in [0.2, 0.25) is 0 Å². The third-order valence-corrected chi connectivity index (χ3v) is 14.2. The first-order valence-electron chi connectivity index (χ1n) is 24.5. The first-order chi connectivity index (χ1) is 35.6. The molecule has 72 heavy (non-hydrogen) atoms. The number of hydrogen-bond donors (Lipinski definition) is 0. The van der Waals surface area contributed by atoms with E-state index in [4.69, 9.17) is 8.83 Å². The van der Waals surface area contributed by atoms with E-state index >= 15 is 0 Å². The third kappa shape index (κ3) is 7.33. The molecule has 0 radical (unpaired) electrons. The van der Waals surface area contributed by atoms with Gasteiger partial charge in [-0.15, -0.1) is 0 Å². The maximum absolute atomic E-state index is 6.59. The molecule has 0 atom stereocenters. The van der Waals surface area contributed by atoms with E-state index in [9.17, 15) is 0 Å². The Bertz CT molecular complexity index is 4010.